The van der Waals surface area contributed by atoms with Crippen LogP contribution >= 0.6 is 34.7 Å². The Balaban J connectivity index is 1.66. The van der Waals surface area contributed by atoms with E-state index < -0.39 is 0 Å². The number of thiophene rings is 1. The predicted molar refractivity (Wildman–Crippen MR) is 125 cm³/mol. The van der Waals surface area contributed by atoms with Gasteiger partial charge in [0.05, 0.1) is 17.0 Å². The monoisotopic (exact) mass is 455 g/mol. The lowest BCUT2D eigenvalue weighted by Gasteiger charge is -2.14. The lowest BCUT2D eigenvalue weighted by Crippen LogP contribution is -2.23. The number of carbonyl (C=O) groups excluding carboxylic acids is 1. The highest BCUT2D eigenvalue weighted by Crippen LogP contribution is 2.26. The fourth-order valence-electron chi connectivity index (χ4n) is 3.07. The summed E-state index contributed by atoms with van der Waals surface area (Å²) in [5.41, 5.74) is 3.72. The molecule has 0 saturated carbocycles. The van der Waals surface area contributed by atoms with Crippen molar-refractivity contribution in [1.29, 1.82) is 0 Å². The Morgan fingerprint density at radius 1 is 1.17 bits per heavy atom. The Morgan fingerprint density at radius 3 is 2.77 bits per heavy atom. The molecule has 1 N–H and O–H groups in total. The second-order valence-corrected chi connectivity index (χ2v) is 8.97. The molecule has 5 nitrogen and oxygen atoms in total. The van der Waals surface area contributed by atoms with Gasteiger partial charge in [-0.2, -0.15) is 0 Å². The highest BCUT2D eigenvalue weighted by atomic mass is 35.5. The number of amides is 1. The molecule has 2 aromatic carbocycles. The number of anilines is 1. The zero-order valence-electron chi connectivity index (χ0n) is 16.3. The smallest absolute Gasteiger partial charge is 0.276 e. The average molecular weight is 456 g/mol. The maximum atomic E-state index is 13.2. The maximum absolute atomic E-state index is 13.2. The Hall–Kier alpha value is -2.61. The number of nitrogens with one attached hydrogen (secondary N) is 1. The fraction of sp³-hybridized carbons (Fsp3) is 0.136. The number of halogens is 1. The molecule has 0 atom stereocenters. The van der Waals surface area contributed by atoms with Gasteiger partial charge < -0.3 is 5.32 Å². The molecule has 4 rings (SSSR count). The number of aromatic nitrogens is 2. The van der Waals surface area contributed by atoms with Crippen LogP contribution in [-0.2, 0) is 4.79 Å². The number of hydrogen-bond donors (Lipinski definition) is 1. The van der Waals surface area contributed by atoms with Gasteiger partial charge in [0.25, 0.3) is 5.56 Å². The topological polar surface area (TPSA) is 64.0 Å². The molecule has 0 unspecified atom stereocenters. The molecule has 0 spiro atoms. The van der Waals surface area contributed by atoms with E-state index in [0.29, 0.717) is 26.1 Å². The summed E-state index contributed by atoms with van der Waals surface area (Å²) in [7, 11) is 0. The first-order chi connectivity index (χ1) is 14.5. The third-order valence-corrected chi connectivity index (χ3v) is 6.92. The van der Waals surface area contributed by atoms with Gasteiger partial charge in [-0.1, -0.05) is 47.6 Å². The number of aryl methyl sites for hydroxylation is 1. The zero-order valence-corrected chi connectivity index (χ0v) is 18.7. The van der Waals surface area contributed by atoms with Crippen LogP contribution in [0, 0.1) is 13.8 Å². The van der Waals surface area contributed by atoms with Crippen molar-refractivity contribution >= 4 is 56.5 Å². The molecule has 30 heavy (non-hydrogen) atoms. The quantitative estimate of drug-likeness (QED) is 0.321. The number of fused-ring (bicyclic) bond motifs is 1. The molecule has 4 aromatic rings. The van der Waals surface area contributed by atoms with Crippen LogP contribution in [0.15, 0.2) is 63.9 Å². The van der Waals surface area contributed by atoms with Crippen molar-refractivity contribution in [2.24, 2.45) is 0 Å². The number of hydrogen-bond acceptors (Lipinski definition) is 5. The SMILES string of the molecule is Cc1ccccc1-n1c(SCC(=O)Nc2cccc(Cl)c2C)nc2ccsc2c1=O. The summed E-state index contributed by atoms with van der Waals surface area (Å²) in [5, 5.41) is 5.81. The van der Waals surface area contributed by atoms with Gasteiger partial charge in [0.15, 0.2) is 5.16 Å². The predicted octanol–water partition coefficient (Wildman–Crippen LogP) is 5.45. The number of rotatable bonds is 5. The van der Waals surface area contributed by atoms with E-state index in [1.807, 2.05) is 55.6 Å². The number of para-hydroxylation sites is 1. The molecule has 0 radical (unpaired) electrons. The van der Waals surface area contributed by atoms with Crippen LogP contribution in [0.3, 0.4) is 0 Å². The van der Waals surface area contributed by atoms with E-state index in [9.17, 15) is 9.59 Å². The standard InChI is InChI=1S/C22H18ClN3O2S2/c1-13-6-3-4-9-18(13)26-21(28)20-17(10-11-29-20)25-22(26)30-12-19(27)24-16-8-5-7-15(23)14(16)2/h3-11H,12H2,1-2H3,(H,24,27). The van der Waals surface area contributed by atoms with E-state index in [1.165, 1.54) is 23.1 Å². The van der Waals surface area contributed by atoms with E-state index in [-0.39, 0.29) is 17.2 Å². The van der Waals surface area contributed by atoms with Gasteiger partial charge in [0, 0.05) is 10.7 Å². The van der Waals surface area contributed by atoms with E-state index in [0.717, 1.165) is 16.8 Å². The number of benzene rings is 2. The second-order valence-electron chi connectivity index (χ2n) is 6.71. The van der Waals surface area contributed by atoms with Gasteiger partial charge in [0.2, 0.25) is 5.91 Å². The van der Waals surface area contributed by atoms with E-state index in [4.69, 9.17) is 11.6 Å². The van der Waals surface area contributed by atoms with Gasteiger partial charge in [-0.25, -0.2) is 4.98 Å². The van der Waals surface area contributed by atoms with E-state index in [1.54, 1.807) is 16.7 Å². The molecular formula is C22H18ClN3O2S2. The molecule has 2 aromatic heterocycles. The zero-order chi connectivity index (χ0) is 21.3. The largest absolute Gasteiger partial charge is 0.325 e. The van der Waals surface area contributed by atoms with Gasteiger partial charge in [-0.15, -0.1) is 11.3 Å². The summed E-state index contributed by atoms with van der Waals surface area (Å²) in [6, 6.07) is 14.8. The lowest BCUT2D eigenvalue weighted by atomic mass is 10.2. The van der Waals surface area contributed by atoms with Crippen LogP contribution < -0.4 is 10.9 Å². The summed E-state index contributed by atoms with van der Waals surface area (Å²) in [6.45, 7) is 3.80. The molecule has 152 valence electrons. The molecule has 0 fully saturated rings. The third-order valence-electron chi connectivity index (χ3n) is 4.68. The van der Waals surface area contributed by atoms with Crippen LogP contribution in [0.5, 0.6) is 0 Å². The molecule has 0 aliphatic heterocycles. The van der Waals surface area contributed by atoms with Gasteiger partial charge in [-0.3, -0.25) is 14.2 Å². The first kappa shape index (κ1) is 20.7. The minimum atomic E-state index is -0.193. The van der Waals surface area contributed by atoms with Gasteiger partial charge in [-0.05, 0) is 54.6 Å². The molecule has 0 bridgehead atoms. The lowest BCUT2D eigenvalue weighted by molar-refractivity contribution is -0.113. The molecule has 0 aliphatic rings. The maximum Gasteiger partial charge on any atom is 0.276 e. The molecule has 8 heteroatoms. The van der Waals surface area contributed by atoms with Crippen molar-refractivity contribution in [2.75, 3.05) is 11.1 Å². The number of nitrogens with zero attached hydrogens (tertiary/aromatic N) is 2. The van der Waals surface area contributed by atoms with Gasteiger partial charge in [0.1, 0.15) is 4.70 Å². The summed E-state index contributed by atoms with van der Waals surface area (Å²) < 4.78 is 2.19. The normalized spacial score (nSPS) is 11.0. The van der Waals surface area contributed by atoms with Crippen LogP contribution in [0.1, 0.15) is 11.1 Å². The molecule has 0 aliphatic carbocycles. The van der Waals surface area contributed by atoms with E-state index >= 15 is 0 Å². The van der Waals surface area contributed by atoms with Crippen LogP contribution in [0.2, 0.25) is 5.02 Å². The number of carbonyl (C=O) groups is 1. The Morgan fingerprint density at radius 2 is 1.97 bits per heavy atom. The highest BCUT2D eigenvalue weighted by Gasteiger charge is 2.17. The van der Waals surface area contributed by atoms with Crippen molar-refractivity contribution in [3.8, 4) is 5.69 Å². The Bertz CT molecular complexity index is 1310. The summed E-state index contributed by atoms with van der Waals surface area (Å²) in [6.07, 6.45) is 0. The summed E-state index contributed by atoms with van der Waals surface area (Å²) in [5.74, 6) is -0.0822. The summed E-state index contributed by atoms with van der Waals surface area (Å²) in [4.78, 5) is 30.4. The minimum Gasteiger partial charge on any atom is -0.325 e. The first-order valence-corrected chi connectivity index (χ1v) is 11.4. The third kappa shape index (κ3) is 4.01. The summed E-state index contributed by atoms with van der Waals surface area (Å²) >= 11 is 8.73. The second kappa shape index (κ2) is 8.63. The van der Waals surface area contributed by atoms with Crippen molar-refractivity contribution < 1.29 is 4.79 Å². The molecule has 2 heterocycles. The molecular weight excluding hydrogens is 438 g/mol. The van der Waals surface area contributed by atoms with Crippen LogP contribution in [0.25, 0.3) is 15.9 Å². The van der Waals surface area contributed by atoms with E-state index in [2.05, 4.69) is 10.3 Å². The van der Waals surface area contributed by atoms with Crippen molar-refractivity contribution in [3.05, 3.63) is 80.4 Å². The van der Waals surface area contributed by atoms with Crippen LogP contribution in [-0.4, -0.2) is 21.2 Å². The number of thioether (sulfide) groups is 1. The average Bonchev–Trinajstić information content (AvgIpc) is 3.20. The Kier molecular flexibility index (Phi) is 5.94. The van der Waals surface area contributed by atoms with Crippen molar-refractivity contribution in [3.63, 3.8) is 0 Å². The highest BCUT2D eigenvalue weighted by molar-refractivity contribution is 7.99. The molecule has 1 amide bonds. The molecule has 0 saturated heterocycles. The minimum absolute atomic E-state index is 0.111. The Labute approximate surface area is 186 Å². The van der Waals surface area contributed by atoms with Gasteiger partial charge >= 0.3 is 0 Å². The van der Waals surface area contributed by atoms with Crippen molar-refractivity contribution in [2.45, 2.75) is 19.0 Å². The first-order valence-electron chi connectivity index (χ1n) is 9.19. The van der Waals surface area contributed by atoms with Crippen LogP contribution in [0.4, 0.5) is 5.69 Å². The van der Waals surface area contributed by atoms with Crippen molar-refractivity contribution in [1.82, 2.24) is 9.55 Å². The fourth-order valence-corrected chi connectivity index (χ4v) is 4.81.